The van der Waals surface area contributed by atoms with Crippen LogP contribution in [0.2, 0.25) is 0 Å². The van der Waals surface area contributed by atoms with E-state index in [1.165, 1.54) is 12.5 Å². The number of hydrogen-bond donors (Lipinski definition) is 9. The van der Waals surface area contributed by atoms with E-state index in [1.807, 2.05) is 48.5 Å². The Morgan fingerprint density at radius 2 is 1.29 bits per heavy atom. The monoisotopic (exact) mass is 655 g/mol. The number of hydrogen-bond acceptors (Lipinski definition) is 7. The molecule has 0 aliphatic carbocycles. The smallest absolute Gasteiger partial charge is 0.326 e. The molecule has 11 N–H and O–H groups in total. The summed E-state index contributed by atoms with van der Waals surface area (Å²) < 4.78 is 0. The molecule has 5 rings (SSSR count). The number of aromatic amines is 3. The van der Waals surface area contributed by atoms with Crippen LogP contribution in [-0.4, -0.2) is 78.8 Å². The number of primary amides is 1. The van der Waals surface area contributed by atoms with Crippen molar-refractivity contribution in [2.75, 3.05) is 0 Å². The molecule has 0 spiro atoms. The van der Waals surface area contributed by atoms with Crippen LogP contribution < -0.4 is 27.4 Å². The van der Waals surface area contributed by atoms with E-state index in [2.05, 4.69) is 35.9 Å². The van der Waals surface area contributed by atoms with Crippen LogP contribution >= 0.6 is 0 Å². The number of H-pyrrole nitrogens is 3. The van der Waals surface area contributed by atoms with Gasteiger partial charge in [0, 0.05) is 65.4 Å². The van der Waals surface area contributed by atoms with E-state index >= 15 is 0 Å². The average molecular weight is 656 g/mol. The van der Waals surface area contributed by atoms with Gasteiger partial charge in [-0.2, -0.15) is 0 Å². The summed E-state index contributed by atoms with van der Waals surface area (Å²) in [5.41, 5.74) is 15.3. The van der Waals surface area contributed by atoms with Crippen molar-refractivity contribution >= 4 is 51.4 Å². The zero-order valence-corrected chi connectivity index (χ0v) is 25.9. The lowest BCUT2D eigenvalue weighted by Gasteiger charge is -2.25. The second-order valence-electron chi connectivity index (χ2n) is 11.5. The molecule has 0 saturated carbocycles. The number of carboxylic acid groups (broad SMARTS) is 1. The molecule has 0 fully saturated rings. The van der Waals surface area contributed by atoms with Crippen molar-refractivity contribution in [2.45, 2.75) is 56.3 Å². The Kier molecular flexibility index (Phi) is 10.5. The lowest BCUT2D eigenvalue weighted by molar-refractivity contribution is -0.142. The Bertz CT molecular complexity index is 1910. The van der Waals surface area contributed by atoms with Crippen LogP contribution in [0.5, 0.6) is 0 Å². The molecule has 0 aliphatic heterocycles. The second kappa shape index (κ2) is 15.1. The normalized spacial score (nSPS) is 13.8. The van der Waals surface area contributed by atoms with E-state index in [0.717, 1.165) is 27.4 Å². The largest absolute Gasteiger partial charge is 0.480 e. The summed E-state index contributed by atoms with van der Waals surface area (Å²) in [6.07, 6.45) is 5.97. The highest BCUT2D eigenvalue weighted by atomic mass is 16.4. The van der Waals surface area contributed by atoms with Crippen molar-refractivity contribution in [3.63, 3.8) is 0 Å². The topological polar surface area (TPSA) is 254 Å². The molecule has 4 amide bonds. The molecule has 2 aromatic carbocycles. The minimum Gasteiger partial charge on any atom is -0.480 e. The molecule has 250 valence electrons. The minimum absolute atomic E-state index is 0.0264. The number of aliphatic carboxylic acids is 1. The fourth-order valence-corrected chi connectivity index (χ4v) is 5.55. The fraction of sp³-hybridized carbons (Fsp3) is 0.273. The zero-order chi connectivity index (χ0) is 34.2. The predicted molar refractivity (Wildman–Crippen MR) is 176 cm³/mol. The van der Waals surface area contributed by atoms with Gasteiger partial charge in [-0.3, -0.25) is 19.2 Å². The molecule has 3 heterocycles. The summed E-state index contributed by atoms with van der Waals surface area (Å²) in [5, 5.41) is 19.5. The van der Waals surface area contributed by atoms with E-state index < -0.39 is 53.8 Å². The average Bonchev–Trinajstić information content (AvgIpc) is 3.83. The number of nitrogens with two attached hydrogens (primary N) is 2. The van der Waals surface area contributed by atoms with E-state index in [0.29, 0.717) is 11.3 Å². The molecule has 4 atom stereocenters. The number of nitrogens with zero attached hydrogens (tertiary/aromatic N) is 1. The van der Waals surface area contributed by atoms with Crippen molar-refractivity contribution in [2.24, 2.45) is 11.5 Å². The van der Waals surface area contributed by atoms with Crippen LogP contribution in [0, 0.1) is 0 Å². The van der Waals surface area contributed by atoms with E-state index in [-0.39, 0.29) is 32.1 Å². The van der Waals surface area contributed by atoms with Crippen molar-refractivity contribution < 1.29 is 29.1 Å². The highest BCUT2D eigenvalue weighted by molar-refractivity contribution is 5.95. The molecule has 0 aliphatic rings. The Morgan fingerprint density at radius 3 is 1.88 bits per heavy atom. The summed E-state index contributed by atoms with van der Waals surface area (Å²) in [4.78, 5) is 77.4. The number of carbonyl (C=O) groups is 5. The quantitative estimate of drug-likeness (QED) is 0.0723. The van der Waals surface area contributed by atoms with Gasteiger partial charge < -0.3 is 47.5 Å². The number of para-hydroxylation sites is 2. The third-order valence-corrected chi connectivity index (χ3v) is 8.09. The predicted octanol–water partition coefficient (Wildman–Crippen LogP) is 0.532. The van der Waals surface area contributed by atoms with Crippen molar-refractivity contribution in [1.82, 2.24) is 35.9 Å². The number of nitrogens with one attached hydrogen (secondary N) is 6. The summed E-state index contributed by atoms with van der Waals surface area (Å²) in [6, 6.07) is 9.97. The molecule has 5 aromatic rings. The fourth-order valence-electron chi connectivity index (χ4n) is 5.55. The lowest BCUT2D eigenvalue weighted by atomic mass is 10.0. The number of rotatable bonds is 16. The maximum atomic E-state index is 13.6. The molecule has 0 bridgehead atoms. The Balaban J connectivity index is 1.30. The number of fused-ring (bicyclic) bond motifs is 2. The van der Waals surface area contributed by atoms with Crippen LogP contribution in [0.3, 0.4) is 0 Å². The van der Waals surface area contributed by atoms with Crippen LogP contribution in [0.25, 0.3) is 21.8 Å². The Labute approximate surface area is 274 Å². The first-order chi connectivity index (χ1) is 23.1. The van der Waals surface area contributed by atoms with Crippen LogP contribution in [-0.2, 0) is 43.2 Å². The molecule has 15 nitrogen and oxygen atoms in total. The Hall–Kier alpha value is -5.96. The van der Waals surface area contributed by atoms with E-state index in [9.17, 15) is 29.1 Å². The number of imidazole rings is 1. The molecular weight excluding hydrogens is 618 g/mol. The number of carbonyl (C=O) groups excluding carboxylic acids is 4. The number of carboxylic acids is 1. The van der Waals surface area contributed by atoms with Crippen LogP contribution in [0.4, 0.5) is 0 Å². The van der Waals surface area contributed by atoms with Crippen molar-refractivity contribution in [3.8, 4) is 0 Å². The standard InChI is InChI=1S/C33H37N9O6/c34-23(11-18-14-37-24-7-3-1-5-21(18)24)30(44)40-26(9-10-29(35)43)31(45)41-27(13-20-16-36-17-39-20)32(46)42-28(33(47)48)12-19-15-38-25-8-4-2-6-22(19)25/h1-8,14-17,23,26-28,37-38H,9-13,34H2,(H2,35,43)(H,36,39)(H,40,44)(H,41,45)(H,42,46)(H,47,48). The van der Waals surface area contributed by atoms with Crippen LogP contribution in [0.1, 0.15) is 29.7 Å². The maximum Gasteiger partial charge on any atom is 0.326 e. The van der Waals surface area contributed by atoms with Gasteiger partial charge in [0.15, 0.2) is 0 Å². The lowest BCUT2D eigenvalue weighted by Crippen LogP contribution is -2.58. The number of benzene rings is 2. The van der Waals surface area contributed by atoms with Gasteiger partial charge in [0.1, 0.15) is 18.1 Å². The molecule has 3 aromatic heterocycles. The van der Waals surface area contributed by atoms with Gasteiger partial charge in [0.25, 0.3) is 0 Å². The second-order valence-corrected chi connectivity index (χ2v) is 11.5. The first kappa shape index (κ1) is 33.4. The zero-order valence-electron chi connectivity index (χ0n) is 25.9. The summed E-state index contributed by atoms with van der Waals surface area (Å²) in [5.74, 6) is -4.17. The molecule has 0 saturated heterocycles. The highest BCUT2D eigenvalue weighted by Gasteiger charge is 2.31. The minimum atomic E-state index is -1.33. The number of aromatic nitrogens is 4. The van der Waals surface area contributed by atoms with Gasteiger partial charge in [-0.1, -0.05) is 36.4 Å². The van der Waals surface area contributed by atoms with Gasteiger partial charge in [-0.15, -0.1) is 0 Å². The summed E-state index contributed by atoms with van der Waals surface area (Å²) in [7, 11) is 0. The molecular formula is C33H37N9O6. The first-order valence-electron chi connectivity index (χ1n) is 15.3. The summed E-state index contributed by atoms with van der Waals surface area (Å²) >= 11 is 0. The third kappa shape index (κ3) is 8.24. The highest BCUT2D eigenvalue weighted by Crippen LogP contribution is 2.20. The molecule has 4 unspecified atom stereocenters. The Morgan fingerprint density at radius 1 is 0.729 bits per heavy atom. The van der Waals surface area contributed by atoms with E-state index in [4.69, 9.17) is 11.5 Å². The summed E-state index contributed by atoms with van der Waals surface area (Å²) in [6.45, 7) is 0. The molecule has 48 heavy (non-hydrogen) atoms. The van der Waals surface area contributed by atoms with Gasteiger partial charge in [-0.05, 0) is 36.1 Å². The number of amides is 4. The van der Waals surface area contributed by atoms with Gasteiger partial charge in [0.05, 0.1) is 12.4 Å². The SMILES string of the molecule is NC(=O)CCC(NC(=O)C(N)Cc1c[nH]c2ccccc12)C(=O)NC(Cc1cnc[nH]1)C(=O)NC(Cc1c[nH]c2ccccc12)C(=O)O. The molecule has 15 heteroatoms. The molecule has 0 radical (unpaired) electrons. The first-order valence-corrected chi connectivity index (χ1v) is 15.3. The van der Waals surface area contributed by atoms with Crippen LogP contribution in [0.15, 0.2) is 73.4 Å². The third-order valence-electron chi connectivity index (χ3n) is 8.09. The van der Waals surface area contributed by atoms with Crippen molar-refractivity contribution in [3.05, 3.63) is 90.3 Å². The van der Waals surface area contributed by atoms with Gasteiger partial charge >= 0.3 is 5.97 Å². The maximum absolute atomic E-state index is 13.6. The van der Waals surface area contributed by atoms with E-state index in [1.54, 1.807) is 12.4 Å². The van der Waals surface area contributed by atoms with Gasteiger partial charge in [-0.25, -0.2) is 9.78 Å². The van der Waals surface area contributed by atoms with Crippen molar-refractivity contribution in [1.29, 1.82) is 0 Å². The van der Waals surface area contributed by atoms with Gasteiger partial charge in [0.2, 0.25) is 23.6 Å².